The van der Waals surface area contributed by atoms with Crippen LogP contribution in [-0.4, -0.2) is 32.0 Å². The molecule has 1 atom stereocenters. The Morgan fingerprint density at radius 3 is 2.33 bits per heavy atom. The summed E-state index contributed by atoms with van der Waals surface area (Å²) in [6.45, 7) is 2.81. The second-order valence-electron chi connectivity index (χ2n) is 5.90. The molecule has 2 rings (SSSR count). The smallest absolute Gasteiger partial charge is 0.178 e. The van der Waals surface area contributed by atoms with Gasteiger partial charge in [0.1, 0.15) is 0 Å². The van der Waals surface area contributed by atoms with Gasteiger partial charge >= 0.3 is 0 Å². The molecule has 0 saturated carbocycles. The van der Waals surface area contributed by atoms with Crippen molar-refractivity contribution in [1.82, 2.24) is 0 Å². The summed E-state index contributed by atoms with van der Waals surface area (Å²) in [4.78, 5) is 0.306. The number of ether oxygens (including phenoxy) is 1. The monoisotopic (exact) mass is 348 g/mol. The Balaban J connectivity index is 1.70. The topological polar surface area (TPSA) is 63.6 Å². The van der Waals surface area contributed by atoms with E-state index in [1.165, 1.54) is 0 Å². The molecule has 0 heterocycles. The maximum absolute atomic E-state index is 12.2. The summed E-state index contributed by atoms with van der Waals surface area (Å²) in [6.07, 6.45) is -0.0396. The van der Waals surface area contributed by atoms with Crippen molar-refractivity contribution in [1.29, 1.82) is 0 Å². The van der Waals surface area contributed by atoms with Gasteiger partial charge in [0.05, 0.1) is 23.4 Å². The molecule has 0 saturated heterocycles. The van der Waals surface area contributed by atoms with Gasteiger partial charge in [-0.3, -0.25) is 0 Å². The number of hydrogen-bond acceptors (Lipinski definition) is 4. The first-order valence-electron chi connectivity index (χ1n) is 8.06. The molecule has 0 aliphatic heterocycles. The minimum atomic E-state index is -3.35. The van der Waals surface area contributed by atoms with Crippen LogP contribution in [0.4, 0.5) is 0 Å². The molecule has 0 aromatic heterocycles. The van der Waals surface area contributed by atoms with Gasteiger partial charge in [-0.1, -0.05) is 48.0 Å². The number of aliphatic hydroxyl groups excluding tert-OH is 1. The zero-order valence-corrected chi connectivity index (χ0v) is 14.7. The number of rotatable bonds is 9. The van der Waals surface area contributed by atoms with Gasteiger partial charge in [0.2, 0.25) is 0 Å². The second kappa shape index (κ2) is 8.97. The number of hydrogen-bond donors (Lipinski definition) is 1. The Morgan fingerprint density at radius 2 is 1.67 bits per heavy atom. The van der Waals surface area contributed by atoms with Crippen LogP contribution in [0.3, 0.4) is 0 Å². The van der Waals surface area contributed by atoms with Crippen LogP contribution < -0.4 is 0 Å². The highest BCUT2D eigenvalue weighted by Crippen LogP contribution is 2.14. The van der Waals surface area contributed by atoms with Crippen molar-refractivity contribution in [3.8, 4) is 0 Å². The fraction of sp³-hybridized carbons (Fsp3) is 0.368. The lowest BCUT2D eigenvalue weighted by molar-refractivity contribution is 0.0723. The molecule has 1 N–H and O–H groups in total. The lowest BCUT2D eigenvalue weighted by Gasteiger charge is -2.11. The van der Waals surface area contributed by atoms with Gasteiger partial charge in [-0.25, -0.2) is 8.42 Å². The van der Waals surface area contributed by atoms with E-state index in [9.17, 15) is 13.5 Å². The van der Waals surface area contributed by atoms with Gasteiger partial charge in [-0.2, -0.15) is 0 Å². The average Bonchev–Trinajstić information content (AvgIpc) is 2.58. The molecule has 0 spiro atoms. The van der Waals surface area contributed by atoms with E-state index in [1.807, 2.05) is 37.3 Å². The molecular weight excluding hydrogens is 324 g/mol. The molecule has 2 aromatic carbocycles. The van der Waals surface area contributed by atoms with E-state index in [-0.39, 0.29) is 12.2 Å². The van der Waals surface area contributed by atoms with E-state index in [0.717, 1.165) is 11.1 Å². The van der Waals surface area contributed by atoms with Crippen LogP contribution in [0.5, 0.6) is 0 Å². The molecule has 0 bridgehead atoms. The quantitative estimate of drug-likeness (QED) is 0.707. The second-order valence-corrected chi connectivity index (χ2v) is 8.01. The van der Waals surface area contributed by atoms with Crippen LogP contribution in [0.15, 0.2) is 59.5 Å². The van der Waals surface area contributed by atoms with Crippen LogP contribution >= 0.6 is 0 Å². The Morgan fingerprint density at radius 1 is 1.00 bits per heavy atom. The molecule has 0 amide bonds. The molecule has 130 valence electrons. The van der Waals surface area contributed by atoms with Gasteiger partial charge in [-0.15, -0.1) is 0 Å². The van der Waals surface area contributed by atoms with Crippen LogP contribution in [0, 0.1) is 6.92 Å². The summed E-state index contributed by atoms with van der Waals surface area (Å²) in [7, 11) is -3.35. The van der Waals surface area contributed by atoms with E-state index in [0.29, 0.717) is 24.5 Å². The number of aryl methyl sites for hydroxylation is 1. The fourth-order valence-electron chi connectivity index (χ4n) is 2.28. The normalized spacial score (nSPS) is 12.9. The third-order valence-electron chi connectivity index (χ3n) is 3.81. The molecule has 0 fully saturated rings. The first kappa shape index (κ1) is 18.6. The van der Waals surface area contributed by atoms with E-state index < -0.39 is 15.9 Å². The van der Waals surface area contributed by atoms with Gasteiger partial charge in [0, 0.05) is 6.61 Å². The highest BCUT2D eigenvalue weighted by Gasteiger charge is 2.16. The Hall–Kier alpha value is -1.69. The number of aliphatic hydroxyl groups is 1. The van der Waals surface area contributed by atoms with E-state index in [4.69, 9.17) is 4.74 Å². The Labute approximate surface area is 144 Å². The van der Waals surface area contributed by atoms with Crippen molar-refractivity contribution < 1.29 is 18.3 Å². The summed E-state index contributed by atoms with van der Waals surface area (Å²) in [6, 6.07) is 16.6. The largest absolute Gasteiger partial charge is 0.393 e. The van der Waals surface area contributed by atoms with Crippen LogP contribution in [0.25, 0.3) is 0 Å². The highest BCUT2D eigenvalue weighted by molar-refractivity contribution is 7.91. The summed E-state index contributed by atoms with van der Waals surface area (Å²) in [5.41, 5.74) is 2.10. The fourth-order valence-corrected chi connectivity index (χ4v) is 3.65. The molecule has 1 unspecified atom stereocenters. The molecule has 4 nitrogen and oxygen atoms in total. The van der Waals surface area contributed by atoms with Gasteiger partial charge in [-0.05, 0) is 37.5 Å². The zero-order valence-electron chi connectivity index (χ0n) is 13.9. The molecule has 5 heteroatoms. The third kappa shape index (κ3) is 6.07. The van der Waals surface area contributed by atoms with Crippen molar-refractivity contribution in [2.45, 2.75) is 37.4 Å². The minimum Gasteiger partial charge on any atom is -0.393 e. The standard InChI is InChI=1S/C19H24O4S/c1-16-7-9-19(10-8-16)24(21,22)14-12-18(20)11-13-23-15-17-5-3-2-4-6-17/h2-10,18,20H,11-15H2,1H3. The average molecular weight is 348 g/mol. The van der Waals surface area contributed by atoms with Crippen molar-refractivity contribution in [2.75, 3.05) is 12.4 Å². The van der Waals surface area contributed by atoms with E-state index in [2.05, 4.69) is 0 Å². The van der Waals surface area contributed by atoms with Crippen molar-refractivity contribution in [2.24, 2.45) is 0 Å². The molecule has 0 aliphatic carbocycles. The lowest BCUT2D eigenvalue weighted by atomic mass is 10.2. The number of sulfone groups is 1. The summed E-state index contributed by atoms with van der Waals surface area (Å²) in [5.74, 6) is -0.0596. The molecule has 0 radical (unpaired) electrons. The molecule has 2 aromatic rings. The highest BCUT2D eigenvalue weighted by atomic mass is 32.2. The Kier molecular flexibility index (Phi) is 6.97. The summed E-state index contributed by atoms with van der Waals surface area (Å²) in [5, 5.41) is 9.96. The molecular formula is C19H24O4S. The molecule has 24 heavy (non-hydrogen) atoms. The van der Waals surface area contributed by atoms with Crippen LogP contribution in [-0.2, 0) is 21.2 Å². The third-order valence-corrected chi connectivity index (χ3v) is 5.57. The predicted octanol–water partition coefficient (Wildman–Crippen LogP) is 3.13. The van der Waals surface area contributed by atoms with Gasteiger partial charge in [0.15, 0.2) is 9.84 Å². The lowest BCUT2D eigenvalue weighted by Crippen LogP contribution is -2.17. The van der Waals surface area contributed by atoms with Crippen molar-refractivity contribution in [3.05, 3.63) is 65.7 Å². The molecule has 0 aliphatic rings. The van der Waals surface area contributed by atoms with E-state index in [1.54, 1.807) is 24.3 Å². The SMILES string of the molecule is Cc1ccc(S(=O)(=O)CCC(O)CCOCc2ccccc2)cc1. The van der Waals surface area contributed by atoms with Gasteiger partial charge in [0.25, 0.3) is 0 Å². The Bertz CT molecular complexity index is 709. The predicted molar refractivity (Wildman–Crippen MR) is 94.6 cm³/mol. The van der Waals surface area contributed by atoms with Crippen molar-refractivity contribution in [3.63, 3.8) is 0 Å². The minimum absolute atomic E-state index is 0.0596. The van der Waals surface area contributed by atoms with Gasteiger partial charge < -0.3 is 9.84 Å². The van der Waals surface area contributed by atoms with Crippen LogP contribution in [0.2, 0.25) is 0 Å². The summed E-state index contributed by atoms with van der Waals surface area (Å²) < 4.78 is 30.0. The first-order chi connectivity index (χ1) is 11.5. The van der Waals surface area contributed by atoms with Crippen molar-refractivity contribution >= 4 is 9.84 Å². The number of benzene rings is 2. The maximum atomic E-state index is 12.2. The first-order valence-corrected chi connectivity index (χ1v) is 9.72. The summed E-state index contributed by atoms with van der Waals surface area (Å²) >= 11 is 0. The maximum Gasteiger partial charge on any atom is 0.178 e. The van der Waals surface area contributed by atoms with E-state index >= 15 is 0 Å². The van der Waals surface area contributed by atoms with Crippen LogP contribution in [0.1, 0.15) is 24.0 Å². The zero-order chi connectivity index (χ0) is 17.4.